The van der Waals surface area contributed by atoms with Crippen LogP contribution >= 0.6 is 15.9 Å². The van der Waals surface area contributed by atoms with Gasteiger partial charge < -0.3 is 4.90 Å². The first-order chi connectivity index (χ1) is 8.76. The number of halogens is 1. The largest absolute Gasteiger partial charge is 0.326 e. The van der Waals surface area contributed by atoms with Gasteiger partial charge in [0.1, 0.15) is 11.9 Å². The van der Waals surface area contributed by atoms with Gasteiger partial charge in [0.15, 0.2) is 0 Å². The number of nitriles is 1. The van der Waals surface area contributed by atoms with E-state index < -0.39 is 0 Å². The molecular weight excluding hydrogens is 290 g/mol. The van der Waals surface area contributed by atoms with Crippen LogP contribution in [0.25, 0.3) is 0 Å². The summed E-state index contributed by atoms with van der Waals surface area (Å²) in [4.78, 5) is 6.44. The molecule has 1 aromatic heterocycles. The Bertz CT molecular complexity index is 575. The molecule has 0 atom stereocenters. The van der Waals surface area contributed by atoms with Crippen molar-refractivity contribution in [3.8, 4) is 6.07 Å². The van der Waals surface area contributed by atoms with Crippen molar-refractivity contribution in [2.24, 2.45) is 0 Å². The third-order valence-corrected chi connectivity index (χ3v) is 3.17. The number of hydrogen-bond acceptors (Lipinski definition) is 3. The highest BCUT2D eigenvalue weighted by atomic mass is 79.9. The van der Waals surface area contributed by atoms with Crippen LogP contribution in [0, 0.1) is 11.3 Å². The highest BCUT2D eigenvalue weighted by molar-refractivity contribution is 9.10. The standard InChI is InChI=1S/C14H12BrN3/c1-2-18(12-6-4-3-5-7-12)14-13(15)8-11(9-16)10-17-14/h3-8,10H,2H2,1H3. The van der Waals surface area contributed by atoms with Gasteiger partial charge >= 0.3 is 0 Å². The number of para-hydroxylation sites is 1. The number of rotatable bonds is 3. The third kappa shape index (κ3) is 2.52. The molecule has 0 amide bonds. The predicted octanol–water partition coefficient (Wildman–Crippen LogP) is 3.87. The van der Waals surface area contributed by atoms with Gasteiger partial charge in [-0.2, -0.15) is 5.26 Å². The fraction of sp³-hybridized carbons (Fsp3) is 0.143. The van der Waals surface area contributed by atoms with E-state index in [1.807, 2.05) is 30.3 Å². The minimum absolute atomic E-state index is 0.551. The van der Waals surface area contributed by atoms with Crippen LogP contribution in [-0.2, 0) is 0 Å². The van der Waals surface area contributed by atoms with Gasteiger partial charge in [0.2, 0.25) is 0 Å². The molecule has 0 saturated heterocycles. The van der Waals surface area contributed by atoms with Crippen LogP contribution in [0.5, 0.6) is 0 Å². The summed E-state index contributed by atoms with van der Waals surface area (Å²) in [5, 5.41) is 8.84. The smallest absolute Gasteiger partial charge is 0.147 e. The van der Waals surface area contributed by atoms with Crippen molar-refractivity contribution in [1.82, 2.24) is 4.98 Å². The summed E-state index contributed by atoms with van der Waals surface area (Å²) in [6.07, 6.45) is 1.59. The van der Waals surface area contributed by atoms with Crippen molar-refractivity contribution in [2.75, 3.05) is 11.4 Å². The molecule has 1 aromatic carbocycles. The monoisotopic (exact) mass is 301 g/mol. The Kier molecular flexibility index (Phi) is 3.96. The molecule has 0 aliphatic carbocycles. The Hall–Kier alpha value is -1.86. The number of anilines is 2. The van der Waals surface area contributed by atoms with Crippen molar-refractivity contribution >= 4 is 27.4 Å². The number of benzene rings is 1. The number of nitrogens with zero attached hydrogens (tertiary/aromatic N) is 3. The highest BCUT2D eigenvalue weighted by Gasteiger charge is 2.12. The first-order valence-corrected chi connectivity index (χ1v) is 6.43. The molecule has 2 aromatic rings. The fourth-order valence-corrected chi connectivity index (χ4v) is 2.32. The van der Waals surface area contributed by atoms with E-state index >= 15 is 0 Å². The van der Waals surface area contributed by atoms with E-state index in [0.717, 1.165) is 22.5 Å². The predicted molar refractivity (Wildman–Crippen MR) is 75.8 cm³/mol. The van der Waals surface area contributed by atoms with E-state index in [2.05, 4.69) is 38.8 Å². The molecule has 0 aliphatic heterocycles. The fourth-order valence-electron chi connectivity index (χ4n) is 1.75. The second-order valence-corrected chi connectivity index (χ2v) is 4.58. The summed E-state index contributed by atoms with van der Waals surface area (Å²) in [5.41, 5.74) is 1.63. The topological polar surface area (TPSA) is 39.9 Å². The lowest BCUT2D eigenvalue weighted by atomic mass is 10.2. The average Bonchev–Trinajstić information content (AvgIpc) is 2.42. The van der Waals surface area contributed by atoms with Gasteiger partial charge in [0, 0.05) is 18.4 Å². The molecule has 0 radical (unpaired) electrons. The summed E-state index contributed by atoms with van der Waals surface area (Å²) >= 11 is 3.47. The van der Waals surface area contributed by atoms with Crippen LogP contribution in [0.4, 0.5) is 11.5 Å². The molecule has 0 saturated carbocycles. The maximum atomic E-state index is 8.84. The second-order valence-electron chi connectivity index (χ2n) is 3.72. The van der Waals surface area contributed by atoms with E-state index in [1.165, 1.54) is 0 Å². The summed E-state index contributed by atoms with van der Waals surface area (Å²) in [6, 6.07) is 13.9. The zero-order valence-corrected chi connectivity index (χ0v) is 11.6. The lowest BCUT2D eigenvalue weighted by molar-refractivity contribution is 0.983. The quantitative estimate of drug-likeness (QED) is 0.864. The first kappa shape index (κ1) is 12.6. The molecule has 0 N–H and O–H groups in total. The van der Waals surface area contributed by atoms with Crippen molar-refractivity contribution < 1.29 is 0 Å². The van der Waals surface area contributed by atoms with Crippen LogP contribution in [-0.4, -0.2) is 11.5 Å². The molecule has 0 spiro atoms. The Morgan fingerprint density at radius 2 is 2.06 bits per heavy atom. The van der Waals surface area contributed by atoms with Crippen molar-refractivity contribution in [2.45, 2.75) is 6.92 Å². The van der Waals surface area contributed by atoms with E-state index in [9.17, 15) is 0 Å². The van der Waals surface area contributed by atoms with Gasteiger partial charge in [-0.05, 0) is 41.1 Å². The Morgan fingerprint density at radius 3 is 2.61 bits per heavy atom. The van der Waals surface area contributed by atoms with Crippen molar-refractivity contribution in [1.29, 1.82) is 5.26 Å². The van der Waals surface area contributed by atoms with Crippen molar-refractivity contribution in [3.05, 3.63) is 52.6 Å². The summed E-state index contributed by atoms with van der Waals surface area (Å²) < 4.78 is 0.826. The highest BCUT2D eigenvalue weighted by Crippen LogP contribution is 2.30. The molecule has 0 unspecified atom stereocenters. The normalized spacial score (nSPS) is 9.83. The van der Waals surface area contributed by atoms with Crippen LogP contribution in [0.1, 0.15) is 12.5 Å². The molecule has 1 heterocycles. The van der Waals surface area contributed by atoms with E-state index in [4.69, 9.17) is 5.26 Å². The minimum atomic E-state index is 0.551. The maximum absolute atomic E-state index is 8.84. The van der Waals surface area contributed by atoms with E-state index in [0.29, 0.717) is 5.56 Å². The average molecular weight is 302 g/mol. The maximum Gasteiger partial charge on any atom is 0.147 e. The number of pyridine rings is 1. The Morgan fingerprint density at radius 1 is 1.33 bits per heavy atom. The van der Waals surface area contributed by atoms with E-state index in [1.54, 1.807) is 12.3 Å². The minimum Gasteiger partial charge on any atom is -0.326 e. The zero-order valence-electron chi connectivity index (χ0n) is 9.97. The number of aromatic nitrogens is 1. The SMILES string of the molecule is CCN(c1ccccc1)c1ncc(C#N)cc1Br. The first-order valence-electron chi connectivity index (χ1n) is 5.64. The zero-order chi connectivity index (χ0) is 13.0. The molecule has 0 bridgehead atoms. The Labute approximate surface area is 115 Å². The lowest BCUT2D eigenvalue weighted by Crippen LogP contribution is -2.17. The van der Waals surface area contributed by atoms with Crippen LogP contribution in [0.3, 0.4) is 0 Å². The van der Waals surface area contributed by atoms with Crippen LogP contribution in [0.2, 0.25) is 0 Å². The van der Waals surface area contributed by atoms with Gasteiger partial charge in [-0.1, -0.05) is 18.2 Å². The number of hydrogen-bond donors (Lipinski definition) is 0. The van der Waals surface area contributed by atoms with Gasteiger partial charge in [0.25, 0.3) is 0 Å². The molecule has 2 rings (SSSR count). The summed E-state index contributed by atoms with van der Waals surface area (Å²) in [6.45, 7) is 2.88. The molecule has 90 valence electrons. The van der Waals surface area contributed by atoms with Crippen LogP contribution in [0.15, 0.2) is 47.1 Å². The molecule has 4 heteroatoms. The summed E-state index contributed by atoms with van der Waals surface area (Å²) in [5.74, 6) is 0.822. The molecule has 3 nitrogen and oxygen atoms in total. The molecular formula is C14H12BrN3. The van der Waals surface area contributed by atoms with Crippen molar-refractivity contribution in [3.63, 3.8) is 0 Å². The molecule has 0 fully saturated rings. The second kappa shape index (κ2) is 5.65. The third-order valence-electron chi connectivity index (χ3n) is 2.59. The molecule has 0 aliphatic rings. The lowest BCUT2D eigenvalue weighted by Gasteiger charge is -2.23. The van der Waals surface area contributed by atoms with Crippen LogP contribution < -0.4 is 4.90 Å². The van der Waals surface area contributed by atoms with Gasteiger partial charge in [-0.25, -0.2) is 4.98 Å². The van der Waals surface area contributed by atoms with Gasteiger partial charge in [-0.15, -0.1) is 0 Å². The summed E-state index contributed by atoms with van der Waals surface area (Å²) in [7, 11) is 0. The van der Waals surface area contributed by atoms with Gasteiger partial charge in [-0.3, -0.25) is 0 Å². The van der Waals surface area contributed by atoms with Gasteiger partial charge in [0.05, 0.1) is 10.0 Å². The van der Waals surface area contributed by atoms with E-state index in [-0.39, 0.29) is 0 Å². The Balaban J connectivity index is 2.43. The molecule has 18 heavy (non-hydrogen) atoms.